The van der Waals surface area contributed by atoms with Crippen molar-refractivity contribution in [1.82, 2.24) is 84.4 Å². The molecule has 6 aliphatic heterocycles. The number of hydrogen-bond donors (Lipinski definition) is 1. The topological polar surface area (TPSA) is 445 Å². The van der Waals surface area contributed by atoms with Crippen LogP contribution in [0.1, 0.15) is 77.2 Å². The van der Waals surface area contributed by atoms with Crippen molar-refractivity contribution in [3.63, 3.8) is 0 Å². The van der Waals surface area contributed by atoms with Crippen molar-refractivity contribution >= 4 is 135 Å². The Morgan fingerprint density at radius 1 is 0.422 bits per heavy atom. The number of imidazole rings is 1. The predicted molar refractivity (Wildman–Crippen MR) is 529 cm³/mol. The summed E-state index contributed by atoms with van der Waals surface area (Å²) in [5.41, 5.74) is 6.93. The van der Waals surface area contributed by atoms with Crippen LogP contribution in [-0.4, -0.2) is 308 Å². The minimum Gasteiger partial charge on any atom is -0.508 e. The Bertz CT molecular complexity index is 7030. The summed E-state index contributed by atoms with van der Waals surface area (Å²) in [5, 5.41) is 18.1. The van der Waals surface area contributed by atoms with E-state index >= 15 is 0 Å². The Kier molecular flexibility index (Phi) is 31.3. The van der Waals surface area contributed by atoms with Crippen LogP contribution in [0.25, 0.3) is 68.1 Å². The second kappa shape index (κ2) is 42.6. The molecule has 135 heavy (non-hydrogen) atoms. The Morgan fingerprint density at radius 3 is 1.24 bits per heavy atom. The molecule has 8 aromatic heterocycles. The molecule has 18 rings (SSSR count). The number of fused-ring (bicyclic) bond motifs is 3. The number of phenolic OH excluding ortho intramolecular Hbond substituents is 1. The Balaban J connectivity index is 0.000000135. The predicted octanol–water partition coefficient (Wildman–Crippen LogP) is 12.4. The lowest BCUT2D eigenvalue weighted by Crippen LogP contribution is -2.44. The maximum atomic E-state index is 14.2. The summed E-state index contributed by atoms with van der Waals surface area (Å²) >= 11 is 0. The molecular formula is C90H115FN28O11S5. The smallest absolute Gasteiger partial charge is 0.256 e. The second-order valence-electron chi connectivity index (χ2n) is 34.9. The van der Waals surface area contributed by atoms with Crippen molar-refractivity contribution in [3.05, 3.63) is 156 Å². The van der Waals surface area contributed by atoms with E-state index in [-0.39, 0.29) is 47.7 Å². The number of aromatic hydroxyl groups is 1. The molecular weight excluding hydrogens is 1830 g/mol. The van der Waals surface area contributed by atoms with E-state index in [0.29, 0.717) is 191 Å². The van der Waals surface area contributed by atoms with Gasteiger partial charge in [0.1, 0.15) is 57.8 Å². The molecule has 718 valence electrons. The number of anilines is 5. The van der Waals surface area contributed by atoms with Crippen LogP contribution in [0.15, 0.2) is 154 Å². The maximum absolute atomic E-state index is 14.2. The van der Waals surface area contributed by atoms with Gasteiger partial charge in [0.05, 0.1) is 125 Å². The molecule has 12 aromatic rings. The number of nitrogens with zero attached hydrogens (tertiary/aromatic N) is 28. The van der Waals surface area contributed by atoms with Gasteiger partial charge in [0.2, 0.25) is 5.95 Å². The van der Waals surface area contributed by atoms with E-state index in [2.05, 4.69) is 148 Å². The third-order valence-corrected chi connectivity index (χ3v) is 24.4. The number of aromatic nitrogens is 17. The van der Waals surface area contributed by atoms with E-state index in [1.807, 2.05) is 79.1 Å². The highest BCUT2D eigenvalue weighted by Crippen LogP contribution is 2.37. The third kappa shape index (κ3) is 26.7. The van der Waals surface area contributed by atoms with E-state index in [1.165, 1.54) is 12.1 Å². The van der Waals surface area contributed by atoms with Gasteiger partial charge in [0, 0.05) is 215 Å². The van der Waals surface area contributed by atoms with Gasteiger partial charge in [-0.05, 0) is 95.6 Å². The summed E-state index contributed by atoms with van der Waals surface area (Å²) in [7, 11) is -11.8. The van der Waals surface area contributed by atoms with Gasteiger partial charge >= 0.3 is 0 Å². The first-order chi connectivity index (χ1) is 64.1. The highest BCUT2D eigenvalue weighted by atomic mass is 32.2. The monoisotopic (exact) mass is 1940 g/mol. The van der Waals surface area contributed by atoms with Crippen LogP contribution < -0.4 is 24.5 Å². The number of aryl methyl sites for hydroxylation is 1. The fraction of sp³-hybridized carbons (Fsp3) is 0.444. The third-order valence-electron chi connectivity index (χ3n) is 21.3. The highest BCUT2D eigenvalue weighted by molar-refractivity contribution is 7.93. The van der Waals surface area contributed by atoms with Crippen molar-refractivity contribution in [2.45, 2.75) is 98.1 Å². The zero-order valence-electron chi connectivity index (χ0n) is 79.0. The van der Waals surface area contributed by atoms with Crippen LogP contribution in [0.5, 0.6) is 5.75 Å². The maximum Gasteiger partial charge on any atom is 0.256 e. The molecule has 45 heteroatoms. The molecule has 0 saturated carbocycles. The van der Waals surface area contributed by atoms with Gasteiger partial charge in [0.15, 0.2) is 46.6 Å². The molecule has 0 amide bonds. The van der Waals surface area contributed by atoms with E-state index in [1.54, 1.807) is 128 Å². The average Bonchev–Trinajstić information content (AvgIpc) is 1.80. The van der Waals surface area contributed by atoms with Gasteiger partial charge in [-0.3, -0.25) is 9.56 Å². The standard InChI is InChI=1S/C21H28N6O2S.C19H22FN5O2S.C17H21N7O2S.C17H22N4O3S.C16H22N6O2S/c1-14(2)20-22-16-8-6-7-9-17(16)27(20)21-23-18(25-30(4,5)28)12-19(24-21)26-10-11-29-13-15(26)3;1-12-11-27-5-4-25(12)18-8-17(24-28(2,3)26)22-19(23-18)15-7-14(20)6-13-9-21-10-16(13)15;1-12-11-26-9-8-23(12)16-10-15(21-27(2,3)25)18-17(19-16)24-14-7-5-4-6-13(14)20-22-24;1-12-11-24-8-7-21(12)16-10-15(20-25(2,3)23)18-17(19-16)13-5-4-6-14(22)9-13;1-11-10-24-6-5-22(11)15-7-14(21-25(3,4)23)19-16(20-15)13-8-17-12(2)18-9-13/h6-9,12,14-15H,10-11,13H2,1-5H3;6-8,10,12H,4-5,9,11H2,1-3H3;4-7,10,12H,8-9,11H2,1-3H3;4-6,9-10,12,22H,7-8,11H2,1-3H3;7-9,11H,5-6,10H2,1-4H3/t15-;3*12-;11-/m11111/s1. The largest absolute Gasteiger partial charge is 0.508 e. The Labute approximate surface area is 787 Å². The van der Waals surface area contributed by atoms with E-state index in [0.717, 1.165) is 63.7 Å². The number of phenols is 1. The average molecular weight is 1940 g/mol. The number of hydrogen-bond acceptors (Lipinski definition) is 37. The fourth-order valence-electron chi connectivity index (χ4n) is 15.3. The molecule has 14 heterocycles. The number of halogens is 1. The van der Waals surface area contributed by atoms with E-state index in [9.17, 15) is 30.5 Å². The summed E-state index contributed by atoms with van der Waals surface area (Å²) < 4.78 is 128. The van der Waals surface area contributed by atoms with Crippen LogP contribution in [0.4, 0.5) is 62.6 Å². The van der Waals surface area contributed by atoms with Crippen LogP contribution >= 0.6 is 0 Å². The van der Waals surface area contributed by atoms with Crippen molar-refractivity contribution in [3.8, 4) is 51.8 Å². The fourth-order valence-corrected chi connectivity index (χ4v) is 18.0. The molecule has 5 atom stereocenters. The zero-order valence-corrected chi connectivity index (χ0v) is 83.0. The van der Waals surface area contributed by atoms with Crippen molar-refractivity contribution in [2.24, 2.45) is 26.8 Å². The normalized spacial score (nSPS) is 18.2. The molecule has 39 nitrogen and oxygen atoms in total. The molecule has 0 bridgehead atoms. The Hall–Kier alpha value is -11.8. The van der Waals surface area contributed by atoms with Gasteiger partial charge < -0.3 is 53.3 Å². The van der Waals surface area contributed by atoms with Crippen LogP contribution in [-0.2, 0) is 78.9 Å². The molecule has 1 N–H and O–H groups in total. The first-order valence-corrected chi connectivity index (χ1v) is 55.5. The highest BCUT2D eigenvalue weighted by Gasteiger charge is 2.31. The number of ether oxygens (including phenoxy) is 5. The lowest BCUT2D eigenvalue weighted by molar-refractivity contribution is 0.0985. The van der Waals surface area contributed by atoms with E-state index < -0.39 is 48.6 Å². The van der Waals surface area contributed by atoms with Crippen molar-refractivity contribution in [1.29, 1.82) is 0 Å². The number of rotatable bonds is 16. The number of aliphatic imine (C=N–C) groups is 1. The molecule has 5 fully saturated rings. The van der Waals surface area contributed by atoms with Gasteiger partial charge in [0.25, 0.3) is 5.95 Å². The second-order valence-corrected chi connectivity index (χ2v) is 47.7. The lowest BCUT2D eigenvalue weighted by Gasteiger charge is -2.34. The SMILES string of the molecule is CC(C)c1nc2ccccc2n1-c1nc(N=S(C)(C)=O)cc(N2CCOC[C@H]2C)n1.C[C@@H]1COCCN1c1cc(N=S(C)(C)=O)nc(-c2cc(F)cc3c2C=NC3)n1.C[C@@H]1COCCN1c1cc(N=S(C)(C)=O)nc(-c2cccc(O)c2)n1.C[C@@H]1COCCN1c1cc(N=S(C)(C)=O)nc(-n2nnc3ccccc32)n1.Cc1ncc(-c2nc(N=S(C)(C)=O)cc(N3CCOC[C@H]3C)n2)cn1. The van der Waals surface area contributed by atoms with Crippen LogP contribution in [0.3, 0.4) is 0 Å². The molecule has 0 unspecified atom stereocenters. The molecule has 6 aliphatic rings. The summed E-state index contributed by atoms with van der Waals surface area (Å²) in [4.78, 5) is 74.3. The number of morpholine rings is 5. The van der Waals surface area contributed by atoms with Crippen molar-refractivity contribution in [2.75, 3.05) is 186 Å². The number of para-hydroxylation sites is 3. The molecule has 4 aromatic carbocycles. The quantitative estimate of drug-likeness (QED) is 0.0938. The first kappa shape index (κ1) is 99.2. The van der Waals surface area contributed by atoms with Crippen LogP contribution in [0.2, 0.25) is 0 Å². The van der Waals surface area contributed by atoms with Crippen LogP contribution in [0, 0.1) is 12.7 Å². The minimum absolute atomic E-state index is 0.122. The molecule has 0 aliphatic carbocycles. The summed E-state index contributed by atoms with van der Waals surface area (Å²) in [6.45, 7) is 26.6. The van der Waals surface area contributed by atoms with E-state index in [4.69, 9.17) is 43.6 Å². The first-order valence-electron chi connectivity index (χ1n) is 43.8. The number of benzene rings is 4. The lowest BCUT2D eigenvalue weighted by atomic mass is 10.0. The summed E-state index contributed by atoms with van der Waals surface area (Å²) in [5.74, 6) is 9.06. The minimum atomic E-state index is -2.42. The molecule has 0 radical (unpaired) electrons. The summed E-state index contributed by atoms with van der Waals surface area (Å²) in [6, 6.07) is 34.8. The van der Waals surface area contributed by atoms with Gasteiger partial charge in [-0.2, -0.15) is 46.4 Å². The van der Waals surface area contributed by atoms with Gasteiger partial charge in [-0.1, -0.05) is 55.5 Å². The summed E-state index contributed by atoms with van der Waals surface area (Å²) in [6.07, 6.45) is 20.9. The zero-order chi connectivity index (χ0) is 96.4. The Morgan fingerprint density at radius 2 is 0.807 bits per heavy atom. The van der Waals surface area contributed by atoms with Gasteiger partial charge in [-0.25, -0.2) is 70.3 Å². The molecule has 5 saturated heterocycles. The van der Waals surface area contributed by atoms with Crippen molar-refractivity contribution < 1.29 is 54.2 Å². The molecule has 0 spiro atoms. The van der Waals surface area contributed by atoms with Gasteiger partial charge in [-0.15, -0.1) is 5.10 Å².